The number of rotatable bonds is 5. The van der Waals surface area contributed by atoms with Crippen LogP contribution >= 0.6 is 0 Å². The molecule has 2 atom stereocenters. The summed E-state index contributed by atoms with van der Waals surface area (Å²) in [5, 5.41) is 12.2. The summed E-state index contributed by atoms with van der Waals surface area (Å²) in [6.45, 7) is 3.32. The van der Waals surface area contributed by atoms with Crippen LogP contribution in [0.5, 0.6) is 0 Å². The van der Waals surface area contributed by atoms with Gasteiger partial charge in [-0.25, -0.2) is 9.18 Å². The number of halogens is 1. The smallest absolute Gasteiger partial charge is 0.317 e. The molecule has 0 aliphatic carbocycles. The Balaban J connectivity index is 1.72. The van der Waals surface area contributed by atoms with Crippen molar-refractivity contribution in [2.45, 2.75) is 32.2 Å². The molecule has 116 valence electrons. The SMILES string of the molecule is C[C@@H]1CCN(C(=O)NCCCc2cccc(F)c2)[C@H]1CO. The number of urea groups is 1. The van der Waals surface area contributed by atoms with E-state index in [-0.39, 0.29) is 24.5 Å². The number of hydrogen-bond donors (Lipinski definition) is 2. The molecule has 0 unspecified atom stereocenters. The van der Waals surface area contributed by atoms with Crippen LogP contribution < -0.4 is 5.32 Å². The summed E-state index contributed by atoms with van der Waals surface area (Å²) in [5.41, 5.74) is 0.937. The van der Waals surface area contributed by atoms with Gasteiger partial charge in [0.1, 0.15) is 5.82 Å². The number of aryl methyl sites for hydroxylation is 1. The van der Waals surface area contributed by atoms with Crippen LogP contribution in [0.2, 0.25) is 0 Å². The van der Waals surface area contributed by atoms with Crippen LogP contribution in [-0.2, 0) is 6.42 Å². The first-order valence-corrected chi connectivity index (χ1v) is 7.51. The summed E-state index contributed by atoms with van der Waals surface area (Å²) >= 11 is 0. The maximum absolute atomic E-state index is 13.0. The Kier molecular flexibility index (Phi) is 5.56. The third-order valence-electron chi connectivity index (χ3n) is 4.14. The summed E-state index contributed by atoms with van der Waals surface area (Å²) in [4.78, 5) is 13.8. The fraction of sp³-hybridized carbons (Fsp3) is 0.562. The van der Waals surface area contributed by atoms with Crippen LogP contribution in [0.25, 0.3) is 0 Å². The van der Waals surface area contributed by atoms with E-state index in [4.69, 9.17) is 0 Å². The van der Waals surface area contributed by atoms with Crippen molar-refractivity contribution in [1.82, 2.24) is 10.2 Å². The largest absolute Gasteiger partial charge is 0.394 e. The lowest BCUT2D eigenvalue weighted by molar-refractivity contribution is 0.144. The summed E-state index contributed by atoms with van der Waals surface area (Å²) in [7, 11) is 0. The molecule has 0 aromatic heterocycles. The molecule has 1 fully saturated rings. The van der Waals surface area contributed by atoms with Crippen molar-refractivity contribution in [3.05, 3.63) is 35.6 Å². The van der Waals surface area contributed by atoms with Gasteiger partial charge in [0.15, 0.2) is 0 Å². The van der Waals surface area contributed by atoms with Crippen LogP contribution in [0, 0.1) is 11.7 Å². The molecule has 0 spiro atoms. The number of aliphatic hydroxyl groups excluding tert-OH is 1. The normalized spacial score (nSPS) is 21.6. The first-order valence-electron chi connectivity index (χ1n) is 7.51. The first-order chi connectivity index (χ1) is 10.1. The van der Waals surface area contributed by atoms with Crippen molar-refractivity contribution in [3.63, 3.8) is 0 Å². The Morgan fingerprint density at radius 2 is 2.33 bits per heavy atom. The van der Waals surface area contributed by atoms with Crippen LogP contribution in [-0.4, -0.2) is 41.8 Å². The molecule has 1 saturated heterocycles. The van der Waals surface area contributed by atoms with Crippen LogP contribution in [0.15, 0.2) is 24.3 Å². The second-order valence-electron chi connectivity index (χ2n) is 5.67. The van der Waals surface area contributed by atoms with Crippen molar-refractivity contribution in [3.8, 4) is 0 Å². The zero-order chi connectivity index (χ0) is 15.2. The second-order valence-corrected chi connectivity index (χ2v) is 5.67. The topological polar surface area (TPSA) is 52.6 Å². The van der Waals surface area contributed by atoms with E-state index in [1.165, 1.54) is 12.1 Å². The van der Waals surface area contributed by atoms with E-state index in [1.807, 2.05) is 6.07 Å². The predicted molar refractivity (Wildman–Crippen MR) is 79.5 cm³/mol. The number of aliphatic hydroxyl groups is 1. The van der Waals surface area contributed by atoms with Gasteiger partial charge in [-0.1, -0.05) is 19.1 Å². The van der Waals surface area contributed by atoms with Gasteiger partial charge in [-0.15, -0.1) is 0 Å². The molecule has 1 aliphatic heterocycles. The fourth-order valence-electron chi connectivity index (χ4n) is 2.82. The molecule has 0 radical (unpaired) electrons. The average Bonchev–Trinajstić information content (AvgIpc) is 2.84. The maximum atomic E-state index is 13.0. The molecule has 1 aromatic rings. The Morgan fingerprint density at radius 3 is 3.05 bits per heavy atom. The average molecular weight is 294 g/mol. The maximum Gasteiger partial charge on any atom is 0.317 e. The van der Waals surface area contributed by atoms with Gasteiger partial charge in [-0.05, 0) is 42.9 Å². The number of benzene rings is 1. The number of carbonyl (C=O) groups is 1. The van der Waals surface area contributed by atoms with Gasteiger partial charge in [0.25, 0.3) is 0 Å². The molecular formula is C16H23FN2O2. The van der Waals surface area contributed by atoms with Crippen LogP contribution in [0.4, 0.5) is 9.18 Å². The predicted octanol–water partition coefficient (Wildman–Crippen LogP) is 2.17. The fourth-order valence-corrected chi connectivity index (χ4v) is 2.82. The van der Waals surface area contributed by atoms with Crippen molar-refractivity contribution in [2.75, 3.05) is 19.7 Å². The molecule has 4 nitrogen and oxygen atoms in total. The van der Waals surface area contributed by atoms with Crippen LogP contribution in [0.1, 0.15) is 25.3 Å². The van der Waals surface area contributed by atoms with Gasteiger partial charge in [0.05, 0.1) is 12.6 Å². The number of hydrogen-bond acceptors (Lipinski definition) is 2. The molecule has 0 bridgehead atoms. The minimum absolute atomic E-state index is 0.0118. The summed E-state index contributed by atoms with van der Waals surface area (Å²) < 4.78 is 13.0. The van der Waals surface area contributed by atoms with Gasteiger partial charge in [0, 0.05) is 13.1 Å². The molecule has 0 saturated carbocycles. The summed E-state index contributed by atoms with van der Waals surface area (Å²) in [5.74, 6) is 0.112. The third-order valence-corrected chi connectivity index (χ3v) is 4.14. The van der Waals surface area contributed by atoms with Gasteiger partial charge < -0.3 is 15.3 Å². The lowest BCUT2D eigenvalue weighted by Gasteiger charge is -2.25. The molecule has 1 aromatic carbocycles. The van der Waals surface area contributed by atoms with E-state index in [9.17, 15) is 14.3 Å². The lowest BCUT2D eigenvalue weighted by atomic mass is 10.0. The summed E-state index contributed by atoms with van der Waals surface area (Å²) in [6.07, 6.45) is 2.43. The van der Waals surface area contributed by atoms with Gasteiger partial charge in [-0.2, -0.15) is 0 Å². The minimum atomic E-state index is -0.228. The van der Waals surface area contributed by atoms with Gasteiger partial charge in [0.2, 0.25) is 0 Å². The third kappa shape index (κ3) is 4.17. The number of likely N-dealkylation sites (tertiary alicyclic amines) is 1. The van der Waals surface area contributed by atoms with E-state index in [0.717, 1.165) is 24.8 Å². The van der Waals surface area contributed by atoms with Gasteiger partial charge >= 0.3 is 6.03 Å². The Labute approximate surface area is 125 Å². The second kappa shape index (κ2) is 7.41. The molecule has 21 heavy (non-hydrogen) atoms. The van der Waals surface area contributed by atoms with Crippen molar-refractivity contribution < 1.29 is 14.3 Å². The van der Waals surface area contributed by atoms with Gasteiger partial charge in [-0.3, -0.25) is 0 Å². The Hall–Kier alpha value is -1.62. The first kappa shape index (κ1) is 15.8. The molecule has 2 N–H and O–H groups in total. The highest BCUT2D eigenvalue weighted by molar-refractivity contribution is 5.74. The monoisotopic (exact) mass is 294 g/mol. The zero-order valence-electron chi connectivity index (χ0n) is 12.4. The highest BCUT2D eigenvalue weighted by Gasteiger charge is 2.33. The van der Waals surface area contributed by atoms with Crippen molar-refractivity contribution in [1.29, 1.82) is 0 Å². The van der Waals surface area contributed by atoms with E-state index in [0.29, 0.717) is 19.0 Å². The highest BCUT2D eigenvalue weighted by Crippen LogP contribution is 2.23. The van der Waals surface area contributed by atoms with E-state index in [1.54, 1.807) is 11.0 Å². The lowest BCUT2D eigenvalue weighted by Crippen LogP contribution is -2.45. The Morgan fingerprint density at radius 1 is 1.52 bits per heavy atom. The molecule has 5 heteroatoms. The molecule has 1 aliphatic rings. The molecule has 2 rings (SSSR count). The number of nitrogens with one attached hydrogen (secondary N) is 1. The van der Waals surface area contributed by atoms with E-state index >= 15 is 0 Å². The van der Waals surface area contributed by atoms with Crippen molar-refractivity contribution >= 4 is 6.03 Å². The molecule has 2 amide bonds. The zero-order valence-corrected chi connectivity index (χ0v) is 12.4. The number of amides is 2. The summed E-state index contributed by atoms with van der Waals surface area (Å²) in [6, 6.07) is 6.33. The van der Waals surface area contributed by atoms with E-state index < -0.39 is 0 Å². The van der Waals surface area contributed by atoms with Crippen molar-refractivity contribution in [2.24, 2.45) is 5.92 Å². The highest BCUT2D eigenvalue weighted by atomic mass is 19.1. The van der Waals surface area contributed by atoms with Crippen LogP contribution in [0.3, 0.4) is 0 Å². The Bertz CT molecular complexity index is 481. The number of nitrogens with zero attached hydrogens (tertiary/aromatic N) is 1. The standard InChI is InChI=1S/C16H23FN2O2/c1-12-7-9-19(15(12)11-20)16(21)18-8-3-5-13-4-2-6-14(17)10-13/h2,4,6,10,12,15,20H,3,5,7-9,11H2,1H3,(H,18,21)/t12-,15+/m1/s1. The molecular weight excluding hydrogens is 271 g/mol. The van der Waals surface area contributed by atoms with E-state index in [2.05, 4.69) is 12.2 Å². The quantitative estimate of drug-likeness (QED) is 0.818. The molecule has 1 heterocycles. The number of carbonyl (C=O) groups excluding carboxylic acids is 1. The minimum Gasteiger partial charge on any atom is -0.394 e.